The van der Waals surface area contributed by atoms with E-state index in [-0.39, 0.29) is 29.1 Å². The number of likely N-dealkylation sites (tertiary alicyclic amines) is 1. The third kappa shape index (κ3) is 5.81. The number of rotatable bonds is 7. The minimum atomic E-state index is -0.357. The predicted octanol–water partition coefficient (Wildman–Crippen LogP) is 4.00. The third-order valence-corrected chi connectivity index (χ3v) is 5.84. The summed E-state index contributed by atoms with van der Waals surface area (Å²) in [5.74, 6) is 0.867. The van der Waals surface area contributed by atoms with Gasteiger partial charge in [0, 0.05) is 43.6 Å². The van der Waals surface area contributed by atoms with Gasteiger partial charge in [-0.1, -0.05) is 57.2 Å². The fourth-order valence-electron chi connectivity index (χ4n) is 4.19. The maximum Gasteiger partial charge on any atom is 0.225 e. The van der Waals surface area contributed by atoms with E-state index in [1.54, 1.807) is 14.2 Å². The van der Waals surface area contributed by atoms with Crippen LogP contribution in [0.15, 0.2) is 48.5 Å². The van der Waals surface area contributed by atoms with Crippen LogP contribution in [0.4, 0.5) is 0 Å². The first kappa shape index (κ1) is 23.6. The third-order valence-electron chi connectivity index (χ3n) is 5.84. The first-order valence-electron chi connectivity index (χ1n) is 11.0. The second-order valence-electron chi connectivity index (χ2n) is 9.56. The zero-order valence-electron chi connectivity index (χ0n) is 19.7. The molecule has 2 aromatic rings. The van der Waals surface area contributed by atoms with Gasteiger partial charge in [0.25, 0.3) is 0 Å². The molecule has 32 heavy (non-hydrogen) atoms. The highest BCUT2D eigenvalue weighted by atomic mass is 16.5. The summed E-state index contributed by atoms with van der Waals surface area (Å²) in [4.78, 5) is 28.1. The summed E-state index contributed by atoms with van der Waals surface area (Å²) in [6.45, 7) is 7.49. The predicted molar refractivity (Wildman–Crippen MR) is 125 cm³/mol. The fourth-order valence-corrected chi connectivity index (χ4v) is 4.19. The van der Waals surface area contributed by atoms with Crippen molar-refractivity contribution in [1.29, 1.82) is 0 Å². The van der Waals surface area contributed by atoms with Crippen molar-refractivity contribution >= 4 is 11.8 Å². The number of benzene rings is 2. The van der Waals surface area contributed by atoms with Gasteiger partial charge in [-0.2, -0.15) is 0 Å². The van der Waals surface area contributed by atoms with Crippen LogP contribution in [0.1, 0.15) is 44.2 Å². The quantitative estimate of drug-likeness (QED) is 0.710. The molecule has 3 rings (SSSR count). The number of nitrogens with one attached hydrogen (secondary N) is 1. The molecule has 172 valence electrons. The second kappa shape index (κ2) is 10.1. The monoisotopic (exact) mass is 438 g/mol. The Morgan fingerprint density at radius 1 is 1.03 bits per heavy atom. The van der Waals surface area contributed by atoms with E-state index in [2.05, 4.69) is 26.1 Å². The van der Waals surface area contributed by atoms with Gasteiger partial charge in [-0.15, -0.1) is 0 Å². The number of amides is 2. The van der Waals surface area contributed by atoms with Crippen LogP contribution in [0.3, 0.4) is 0 Å². The first-order chi connectivity index (χ1) is 15.2. The van der Waals surface area contributed by atoms with Gasteiger partial charge in [-0.05, 0) is 17.0 Å². The minimum absolute atomic E-state index is 0.0530. The Morgan fingerprint density at radius 2 is 1.75 bits per heavy atom. The van der Waals surface area contributed by atoms with Crippen LogP contribution in [-0.4, -0.2) is 44.0 Å². The van der Waals surface area contributed by atoms with Crippen LogP contribution in [0.5, 0.6) is 11.5 Å². The average Bonchev–Trinajstić information content (AvgIpc) is 3.22. The molecule has 1 N–H and O–H groups in total. The van der Waals surface area contributed by atoms with Gasteiger partial charge in [-0.25, -0.2) is 0 Å². The van der Waals surface area contributed by atoms with Gasteiger partial charge in [0.05, 0.1) is 20.1 Å². The normalized spacial score (nSPS) is 18.3. The second-order valence-corrected chi connectivity index (χ2v) is 9.56. The molecule has 6 heteroatoms. The molecule has 1 heterocycles. The Balaban J connectivity index is 1.85. The lowest BCUT2D eigenvalue weighted by molar-refractivity contribution is -0.132. The number of carbonyl (C=O) groups excluding carboxylic acids is 2. The smallest absolute Gasteiger partial charge is 0.225 e. The van der Waals surface area contributed by atoms with Gasteiger partial charge in [0.2, 0.25) is 11.8 Å². The van der Waals surface area contributed by atoms with Crippen molar-refractivity contribution in [2.45, 2.75) is 39.7 Å². The van der Waals surface area contributed by atoms with E-state index >= 15 is 0 Å². The molecule has 0 unspecified atom stereocenters. The maximum atomic E-state index is 13.3. The van der Waals surface area contributed by atoms with Crippen molar-refractivity contribution in [3.8, 4) is 11.5 Å². The zero-order valence-corrected chi connectivity index (χ0v) is 19.7. The van der Waals surface area contributed by atoms with E-state index in [1.807, 2.05) is 53.4 Å². The zero-order chi connectivity index (χ0) is 23.3. The van der Waals surface area contributed by atoms with Gasteiger partial charge in [0.1, 0.15) is 11.5 Å². The summed E-state index contributed by atoms with van der Waals surface area (Å²) < 4.78 is 10.9. The van der Waals surface area contributed by atoms with Gasteiger partial charge in [0.15, 0.2) is 0 Å². The molecule has 1 fully saturated rings. The summed E-state index contributed by atoms with van der Waals surface area (Å²) in [5, 5.41) is 3.07. The Hall–Kier alpha value is -3.02. The summed E-state index contributed by atoms with van der Waals surface area (Å²) in [5.41, 5.74) is 1.84. The Kier molecular flexibility index (Phi) is 7.44. The average molecular weight is 439 g/mol. The molecular formula is C26H34N2O4. The molecule has 1 saturated heterocycles. The largest absolute Gasteiger partial charge is 0.497 e. The van der Waals surface area contributed by atoms with E-state index in [0.29, 0.717) is 37.6 Å². The van der Waals surface area contributed by atoms with Crippen molar-refractivity contribution in [3.05, 3.63) is 59.7 Å². The molecule has 1 aliphatic heterocycles. The van der Waals surface area contributed by atoms with E-state index in [4.69, 9.17) is 9.47 Å². The lowest BCUT2D eigenvalue weighted by Crippen LogP contribution is -2.36. The van der Waals surface area contributed by atoms with Crippen molar-refractivity contribution in [3.63, 3.8) is 0 Å². The Bertz CT molecular complexity index is 937. The molecule has 2 amide bonds. The first-order valence-corrected chi connectivity index (χ1v) is 11.0. The molecule has 1 aliphatic rings. The van der Waals surface area contributed by atoms with E-state index in [1.165, 1.54) is 0 Å². The van der Waals surface area contributed by atoms with Crippen molar-refractivity contribution in [1.82, 2.24) is 10.2 Å². The van der Waals surface area contributed by atoms with Crippen LogP contribution < -0.4 is 14.8 Å². The topological polar surface area (TPSA) is 67.9 Å². The minimum Gasteiger partial charge on any atom is -0.497 e. The maximum absolute atomic E-state index is 13.3. The summed E-state index contributed by atoms with van der Waals surface area (Å²) in [6.07, 6.45) is 0.442. The van der Waals surface area contributed by atoms with Crippen LogP contribution in [0.2, 0.25) is 0 Å². The number of ether oxygens (including phenoxy) is 2. The molecule has 0 spiro atoms. The summed E-state index contributed by atoms with van der Waals surface area (Å²) in [7, 11) is 3.22. The summed E-state index contributed by atoms with van der Waals surface area (Å²) >= 11 is 0. The van der Waals surface area contributed by atoms with Crippen molar-refractivity contribution < 1.29 is 19.1 Å². The number of carbonyl (C=O) groups is 2. The van der Waals surface area contributed by atoms with E-state index < -0.39 is 0 Å². The lowest BCUT2D eigenvalue weighted by atomic mass is 9.87. The molecular weight excluding hydrogens is 404 g/mol. The molecule has 0 aromatic heterocycles. The lowest BCUT2D eigenvalue weighted by Gasteiger charge is -2.23. The Labute approximate surface area is 190 Å². The van der Waals surface area contributed by atoms with Crippen LogP contribution >= 0.6 is 0 Å². The molecule has 2 atom stereocenters. The van der Waals surface area contributed by atoms with Crippen LogP contribution in [-0.2, 0) is 16.1 Å². The van der Waals surface area contributed by atoms with Gasteiger partial charge < -0.3 is 19.7 Å². The SMILES string of the molecule is COc1ccc([C@@H]2CN(C(=O)CC(C)(C)C)C[C@@H]2C(=O)NCc2ccccc2)c(OC)c1. The summed E-state index contributed by atoms with van der Waals surface area (Å²) in [6, 6.07) is 15.5. The number of nitrogens with zero attached hydrogens (tertiary/aromatic N) is 1. The molecule has 2 aromatic carbocycles. The standard InChI is InChI=1S/C26H34N2O4/c1-26(2,3)14-24(29)28-16-21(20-12-11-19(31-4)13-23(20)32-5)22(17-28)25(30)27-15-18-9-7-6-8-10-18/h6-13,21-22H,14-17H2,1-5H3,(H,27,30)/t21-,22-/m0/s1. The van der Waals surface area contributed by atoms with Gasteiger partial charge >= 0.3 is 0 Å². The highest BCUT2D eigenvalue weighted by Crippen LogP contribution is 2.40. The van der Waals surface area contributed by atoms with Crippen molar-refractivity contribution in [2.75, 3.05) is 27.3 Å². The fraction of sp³-hybridized carbons (Fsp3) is 0.462. The molecule has 0 aliphatic carbocycles. The number of hydrogen-bond acceptors (Lipinski definition) is 4. The van der Waals surface area contributed by atoms with Crippen LogP contribution in [0.25, 0.3) is 0 Å². The van der Waals surface area contributed by atoms with Crippen molar-refractivity contribution in [2.24, 2.45) is 11.3 Å². The molecule has 6 nitrogen and oxygen atoms in total. The number of hydrogen-bond donors (Lipinski definition) is 1. The van der Waals surface area contributed by atoms with Crippen LogP contribution in [0, 0.1) is 11.3 Å². The molecule has 0 saturated carbocycles. The molecule has 0 radical (unpaired) electrons. The highest BCUT2D eigenvalue weighted by molar-refractivity contribution is 5.83. The number of methoxy groups -OCH3 is 2. The molecule has 0 bridgehead atoms. The highest BCUT2D eigenvalue weighted by Gasteiger charge is 2.42. The Morgan fingerprint density at radius 3 is 2.38 bits per heavy atom. The van der Waals surface area contributed by atoms with E-state index in [0.717, 1.165) is 11.1 Å². The van der Waals surface area contributed by atoms with E-state index in [9.17, 15) is 9.59 Å². The van der Waals surface area contributed by atoms with Gasteiger partial charge in [-0.3, -0.25) is 9.59 Å².